The van der Waals surface area contributed by atoms with Gasteiger partial charge < -0.3 is 39.1 Å². The summed E-state index contributed by atoms with van der Waals surface area (Å²) in [5, 5.41) is 39.5. The van der Waals surface area contributed by atoms with Crippen LogP contribution in [-0.4, -0.2) is 64.8 Å². The summed E-state index contributed by atoms with van der Waals surface area (Å²) in [6.07, 6.45) is -5.65. The molecule has 5 atom stereocenters. The molecule has 1 fully saturated rings. The molecule has 164 valence electrons. The largest absolute Gasteiger partial charge is 0.497 e. The van der Waals surface area contributed by atoms with E-state index in [-0.39, 0.29) is 16.8 Å². The Bertz CT molecular complexity index is 1110. The summed E-state index contributed by atoms with van der Waals surface area (Å²) < 4.78 is 21.7. The fourth-order valence-corrected chi connectivity index (χ4v) is 3.45. The third-order valence-corrected chi connectivity index (χ3v) is 5.25. The van der Waals surface area contributed by atoms with Crippen LogP contribution in [0.3, 0.4) is 0 Å². The number of benzene rings is 2. The lowest BCUT2D eigenvalue weighted by atomic mass is 9.99. The molecule has 1 saturated heterocycles. The van der Waals surface area contributed by atoms with Gasteiger partial charge in [0.15, 0.2) is 5.43 Å². The molecule has 0 spiro atoms. The zero-order chi connectivity index (χ0) is 22.1. The minimum absolute atomic E-state index is 0.206. The summed E-state index contributed by atoms with van der Waals surface area (Å²) in [5.41, 5.74) is 1.09. The third-order valence-electron chi connectivity index (χ3n) is 5.25. The predicted molar refractivity (Wildman–Crippen MR) is 109 cm³/mol. The Kier molecular flexibility index (Phi) is 5.94. The molecule has 9 heteroatoms. The molecule has 1 aliphatic rings. The van der Waals surface area contributed by atoms with Crippen LogP contribution in [0.4, 0.5) is 0 Å². The first kappa shape index (κ1) is 21.3. The summed E-state index contributed by atoms with van der Waals surface area (Å²) in [6, 6.07) is 11.5. The smallest absolute Gasteiger partial charge is 0.229 e. The van der Waals surface area contributed by atoms with E-state index in [9.17, 15) is 25.2 Å². The van der Waals surface area contributed by atoms with Crippen LogP contribution in [0.2, 0.25) is 0 Å². The molecule has 1 unspecified atom stereocenters. The van der Waals surface area contributed by atoms with E-state index in [1.807, 2.05) is 0 Å². The minimum atomic E-state index is -1.55. The van der Waals surface area contributed by atoms with Gasteiger partial charge in [-0.15, -0.1) is 0 Å². The fourth-order valence-electron chi connectivity index (χ4n) is 3.45. The molecule has 0 saturated carbocycles. The first-order valence-corrected chi connectivity index (χ1v) is 9.60. The number of aliphatic hydroxyl groups excluding tert-OH is 4. The van der Waals surface area contributed by atoms with Crippen molar-refractivity contribution >= 4 is 11.0 Å². The lowest BCUT2D eigenvalue weighted by molar-refractivity contribution is -0.277. The van der Waals surface area contributed by atoms with Gasteiger partial charge in [-0.1, -0.05) is 12.1 Å². The van der Waals surface area contributed by atoms with Crippen LogP contribution < -0.4 is 14.9 Å². The lowest BCUT2D eigenvalue weighted by Crippen LogP contribution is -2.60. The number of rotatable bonds is 5. The molecule has 4 rings (SSSR count). The molecule has 0 amide bonds. The zero-order valence-corrected chi connectivity index (χ0v) is 16.5. The Balaban J connectivity index is 1.61. The van der Waals surface area contributed by atoms with Gasteiger partial charge in [0.1, 0.15) is 47.8 Å². The van der Waals surface area contributed by atoms with E-state index >= 15 is 0 Å². The van der Waals surface area contributed by atoms with Gasteiger partial charge in [0.05, 0.1) is 24.7 Å². The molecule has 1 aliphatic heterocycles. The number of fused-ring (bicyclic) bond motifs is 1. The van der Waals surface area contributed by atoms with E-state index in [2.05, 4.69) is 0 Å². The van der Waals surface area contributed by atoms with E-state index < -0.39 is 37.3 Å². The van der Waals surface area contributed by atoms with Crippen molar-refractivity contribution in [1.29, 1.82) is 0 Å². The quantitative estimate of drug-likeness (QED) is 0.459. The Morgan fingerprint density at radius 3 is 2.35 bits per heavy atom. The Labute approximate surface area is 176 Å². The topological polar surface area (TPSA) is 139 Å². The minimum Gasteiger partial charge on any atom is -0.497 e. The maximum atomic E-state index is 12.9. The van der Waals surface area contributed by atoms with E-state index in [0.29, 0.717) is 22.3 Å². The average Bonchev–Trinajstić information content (AvgIpc) is 2.80. The van der Waals surface area contributed by atoms with E-state index in [1.54, 1.807) is 31.4 Å². The van der Waals surface area contributed by atoms with Crippen LogP contribution in [0.5, 0.6) is 11.5 Å². The molecule has 0 radical (unpaired) electrons. The summed E-state index contributed by atoms with van der Waals surface area (Å²) in [7, 11) is 1.56. The van der Waals surface area contributed by atoms with E-state index in [0.717, 1.165) is 0 Å². The van der Waals surface area contributed by atoms with Crippen LogP contribution in [0.25, 0.3) is 22.1 Å². The van der Waals surface area contributed by atoms with Gasteiger partial charge in [-0.25, -0.2) is 0 Å². The highest BCUT2D eigenvalue weighted by Crippen LogP contribution is 2.28. The van der Waals surface area contributed by atoms with Crippen LogP contribution in [0, 0.1) is 0 Å². The fraction of sp³-hybridized carbons (Fsp3) is 0.318. The van der Waals surface area contributed by atoms with Crippen molar-refractivity contribution in [3.8, 4) is 22.6 Å². The molecule has 2 heterocycles. The number of hydrogen-bond acceptors (Lipinski definition) is 9. The molecule has 4 N–H and O–H groups in total. The molecule has 31 heavy (non-hydrogen) atoms. The van der Waals surface area contributed by atoms with Crippen LogP contribution >= 0.6 is 0 Å². The average molecular weight is 430 g/mol. The molecular formula is C22H22O9. The van der Waals surface area contributed by atoms with Crippen molar-refractivity contribution in [2.24, 2.45) is 0 Å². The van der Waals surface area contributed by atoms with Crippen molar-refractivity contribution in [2.45, 2.75) is 30.7 Å². The van der Waals surface area contributed by atoms with E-state index in [4.69, 9.17) is 18.6 Å². The Morgan fingerprint density at radius 2 is 1.68 bits per heavy atom. The molecule has 3 aromatic rings. The highest BCUT2D eigenvalue weighted by atomic mass is 16.7. The molecule has 0 aliphatic carbocycles. The summed E-state index contributed by atoms with van der Waals surface area (Å²) in [5.74, 6) is 0.876. The second-order valence-corrected chi connectivity index (χ2v) is 7.18. The molecule has 0 bridgehead atoms. The Morgan fingerprint density at radius 1 is 0.968 bits per heavy atom. The normalized spacial score (nSPS) is 26.0. The van der Waals surface area contributed by atoms with Crippen molar-refractivity contribution in [3.05, 3.63) is 59.0 Å². The SMILES string of the molecule is COc1ccc(-c2coc3cc(O[C@@H]4O[C@H](CO)C(O)[C@H](O)[C@H]4O)ccc3c2=O)cc1. The van der Waals surface area contributed by atoms with Crippen LogP contribution in [0.15, 0.2) is 57.9 Å². The molecule has 1 aromatic heterocycles. The van der Waals surface area contributed by atoms with Crippen molar-refractivity contribution in [3.63, 3.8) is 0 Å². The van der Waals surface area contributed by atoms with Gasteiger partial charge in [0, 0.05) is 6.07 Å². The van der Waals surface area contributed by atoms with Gasteiger partial charge in [-0.05, 0) is 29.8 Å². The highest BCUT2D eigenvalue weighted by Gasteiger charge is 2.44. The van der Waals surface area contributed by atoms with Crippen molar-refractivity contribution in [2.75, 3.05) is 13.7 Å². The van der Waals surface area contributed by atoms with Gasteiger partial charge in [-0.3, -0.25) is 4.79 Å². The van der Waals surface area contributed by atoms with Crippen molar-refractivity contribution < 1.29 is 39.1 Å². The third kappa shape index (κ3) is 4.01. The Hall–Kier alpha value is -2.95. The maximum Gasteiger partial charge on any atom is 0.229 e. The van der Waals surface area contributed by atoms with Gasteiger partial charge >= 0.3 is 0 Å². The van der Waals surface area contributed by atoms with Gasteiger partial charge in [-0.2, -0.15) is 0 Å². The number of hydrogen-bond donors (Lipinski definition) is 4. The van der Waals surface area contributed by atoms with Crippen LogP contribution in [-0.2, 0) is 4.74 Å². The second-order valence-electron chi connectivity index (χ2n) is 7.18. The van der Waals surface area contributed by atoms with Gasteiger partial charge in [0.2, 0.25) is 6.29 Å². The molecule has 2 aromatic carbocycles. The van der Waals surface area contributed by atoms with Crippen LogP contribution in [0.1, 0.15) is 0 Å². The maximum absolute atomic E-state index is 12.9. The number of ether oxygens (including phenoxy) is 3. The zero-order valence-electron chi connectivity index (χ0n) is 16.5. The molecular weight excluding hydrogens is 408 g/mol. The number of aliphatic hydroxyl groups is 4. The highest BCUT2D eigenvalue weighted by molar-refractivity contribution is 5.82. The standard InChI is InChI=1S/C22H22O9/c1-28-12-4-2-11(3-5-12)15-10-29-16-8-13(6-7-14(16)18(15)24)30-22-21(27)20(26)19(25)17(9-23)31-22/h2-8,10,17,19-23,25-27H,9H2,1H3/t17-,19?,20+,21-,22-/m1/s1. The summed E-state index contributed by atoms with van der Waals surface area (Å²) in [4.78, 5) is 12.9. The summed E-state index contributed by atoms with van der Waals surface area (Å²) in [6.45, 7) is -0.564. The predicted octanol–water partition coefficient (Wildman–Crippen LogP) is 0.647. The first-order valence-electron chi connectivity index (χ1n) is 9.60. The van der Waals surface area contributed by atoms with Gasteiger partial charge in [0.25, 0.3) is 0 Å². The second kappa shape index (κ2) is 8.66. The molecule has 9 nitrogen and oxygen atoms in total. The van der Waals surface area contributed by atoms with E-state index in [1.165, 1.54) is 24.5 Å². The van der Waals surface area contributed by atoms with Crippen molar-refractivity contribution in [1.82, 2.24) is 0 Å². The first-order chi connectivity index (χ1) is 14.9. The lowest BCUT2D eigenvalue weighted by Gasteiger charge is -2.39. The monoisotopic (exact) mass is 430 g/mol. The summed E-state index contributed by atoms with van der Waals surface area (Å²) >= 11 is 0. The number of methoxy groups -OCH3 is 1.